The lowest BCUT2D eigenvalue weighted by atomic mass is 10.1. The lowest BCUT2D eigenvalue weighted by molar-refractivity contribution is -0.139. The van der Waals surface area contributed by atoms with Crippen molar-refractivity contribution in [3.8, 4) is 0 Å². The van der Waals surface area contributed by atoms with E-state index >= 15 is 0 Å². The molecular weight excluding hydrogens is 626 g/mol. The number of benzene rings is 3. The van der Waals surface area contributed by atoms with Crippen LogP contribution in [0.2, 0.25) is 10.0 Å². The SMILES string of the molecule is C[C@H](C(=O)NC1CCCC1)N(Cc1cccc(Cl)c1)C(=O)CN(c1ccc(Cl)c(C(F)(F)F)c1)S(=O)(=O)c1ccccc1. The highest BCUT2D eigenvalue weighted by Gasteiger charge is 2.37. The zero-order valence-electron chi connectivity index (χ0n) is 23.2. The van der Waals surface area contributed by atoms with Crippen LogP contribution in [-0.4, -0.2) is 43.8 Å². The van der Waals surface area contributed by atoms with Gasteiger partial charge in [-0.25, -0.2) is 8.42 Å². The molecule has 13 heteroatoms. The number of halogens is 5. The van der Waals surface area contributed by atoms with Crippen LogP contribution in [0.25, 0.3) is 0 Å². The highest BCUT2D eigenvalue weighted by atomic mass is 35.5. The number of amides is 2. The maximum Gasteiger partial charge on any atom is 0.417 e. The molecule has 2 amide bonds. The third-order valence-electron chi connectivity index (χ3n) is 7.26. The highest BCUT2D eigenvalue weighted by molar-refractivity contribution is 7.92. The molecule has 1 N–H and O–H groups in total. The van der Waals surface area contributed by atoms with Crippen LogP contribution >= 0.6 is 23.2 Å². The van der Waals surface area contributed by atoms with Gasteiger partial charge in [0.2, 0.25) is 11.8 Å². The Morgan fingerprint density at radius 3 is 2.28 bits per heavy atom. The second-order valence-corrected chi connectivity index (χ2v) is 13.0. The fraction of sp³-hybridized carbons (Fsp3) is 0.333. The Bertz CT molecular complexity index is 1570. The molecule has 1 fully saturated rings. The third-order valence-corrected chi connectivity index (χ3v) is 9.62. The Hall–Kier alpha value is -3.28. The average molecular weight is 657 g/mol. The zero-order chi connectivity index (χ0) is 31.4. The molecule has 43 heavy (non-hydrogen) atoms. The van der Waals surface area contributed by atoms with E-state index in [0.29, 0.717) is 21.0 Å². The summed E-state index contributed by atoms with van der Waals surface area (Å²) in [6.07, 6.45) is -1.33. The molecule has 1 aliphatic carbocycles. The predicted octanol–water partition coefficient (Wildman–Crippen LogP) is 6.68. The quantitative estimate of drug-likeness (QED) is 0.264. The summed E-state index contributed by atoms with van der Waals surface area (Å²) in [6.45, 7) is 0.525. The van der Waals surface area contributed by atoms with E-state index < -0.39 is 56.9 Å². The fourth-order valence-corrected chi connectivity index (χ4v) is 6.81. The van der Waals surface area contributed by atoms with Crippen molar-refractivity contribution in [3.63, 3.8) is 0 Å². The number of alkyl halides is 3. The van der Waals surface area contributed by atoms with Crippen LogP contribution in [0.15, 0.2) is 77.7 Å². The molecule has 0 aromatic heterocycles. The van der Waals surface area contributed by atoms with Gasteiger partial charge in [0.05, 0.1) is 21.2 Å². The van der Waals surface area contributed by atoms with Crippen LogP contribution in [0.5, 0.6) is 0 Å². The summed E-state index contributed by atoms with van der Waals surface area (Å²) in [6, 6.07) is 15.2. The number of sulfonamides is 1. The maximum atomic E-state index is 14.0. The summed E-state index contributed by atoms with van der Waals surface area (Å²) in [5.74, 6) is -1.23. The summed E-state index contributed by atoms with van der Waals surface area (Å²) < 4.78 is 69.5. The first-order valence-electron chi connectivity index (χ1n) is 13.6. The molecule has 0 bridgehead atoms. The van der Waals surface area contributed by atoms with E-state index in [9.17, 15) is 31.2 Å². The summed E-state index contributed by atoms with van der Waals surface area (Å²) in [7, 11) is -4.55. The van der Waals surface area contributed by atoms with E-state index in [-0.39, 0.29) is 17.5 Å². The molecule has 0 aliphatic heterocycles. The van der Waals surface area contributed by atoms with Crippen LogP contribution in [0.1, 0.15) is 43.7 Å². The van der Waals surface area contributed by atoms with Gasteiger partial charge >= 0.3 is 6.18 Å². The molecule has 0 spiro atoms. The van der Waals surface area contributed by atoms with E-state index in [2.05, 4.69) is 5.32 Å². The van der Waals surface area contributed by atoms with Gasteiger partial charge < -0.3 is 10.2 Å². The van der Waals surface area contributed by atoms with E-state index in [0.717, 1.165) is 37.8 Å². The molecule has 1 saturated carbocycles. The molecule has 0 heterocycles. The second-order valence-electron chi connectivity index (χ2n) is 10.3. The Morgan fingerprint density at radius 1 is 0.977 bits per heavy atom. The van der Waals surface area contributed by atoms with Gasteiger partial charge in [0.25, 0.3) is 10.0 Å². The van der Waals surface area contributed by atoms with Crippen molar-refractivity contribution in [1.82, 2.24) is 10.2 Å². The van der Waals surface area contributed by atoms with Crippen LogP contribution in [0, 0.1) is 0 Å². The summed E-state index contributed by atoms with van der Waals surface area (Å²) >= 11 is 12.0. The summed E-state index contributed by atoms with van der Waals surface area (Å²) in [4.78, 5) is 28.2. The summed E-state index contributed by atoms with van der Waals surface area (Å²) in [5.41, 5.74) is -1.10. The van der Waals surface area contributed by atoms with Crippen molar-refractivity contribution in [1.29, 1.82) is 0 Å². The molecule has 1 aliphatic rings. The van der Waals surface area contributed by atoms with E-state index in [1.807, 2.05) is 0 Å². The minimum Gasteiger partial charge on any atom is -0.352 e. The number of rotatable bonds is 10. The van der Waals surface area contributed by atoms with Gasteiger partial charge in [-0.15, -0.1) is 0 Å². The third kappa shape index (κ3) is 8.01. The lowest BCUT2D eigenvalue weighted by Crippen LogP contribution is -2.52. The number of hydrogen-bond acceptors (Lipinski definition) is 4. The van der Waals surface area contributed by atoms with Gasteiger partial charge in [-0.05, 0) is 67.8 Å². The first-order valence-corrected chi connectivity index (χ1v) is 15.8. The van der Waals surface area contributed by atoms with E-state index in [1.165, 1.54) is 36.1 Å². The normalized spacial score (nSPS) is 14.7. The van der Waals surface area contributed by atoms with E-state index in [1.54, 1.807) is 30.3 Å². The van der Waals surface area contributed by atoms with Crippen molar-refractivity contribution < 1.29 is 31.2 Å². The van der Waals surface area contributed by atoms with Gasteiger partial charge in [0.1, 0.15) is 12.6 Å². The fourth-order valence-electron chi connectivity index (χ4n) is 4.94. The topological polar surface area (TPSA) is 86.8 Å². The van der Waals surface area contributed by atoms with Gasteiger partial charge in [-0.2, -0.15) is 13.2 Å². The van der Waals surface area contributed by atoms with Crippen molar-refractivity contribution >= 4 is 50.7 Å². The molecule has 7 nitrogen and oxygen atoms in total. The molecule has 0 radical (unpaired) electrons. The summed E-state index contributed by atoms with van der Waals surface area (Å²) in [5, 5.41) is 2.72. The molecule has 1 atom stereocenters. The number of hydrogen-bond donors (Lipinski definition) is 1. The Kier molecular flexibility index (Phi) is 10.3. The highest BCUT2D eigenvalue weighted by Crippen LogP contribution is 2.38. The monoisotopic (exact) mass is 655 g/mol. The standard InChI is InChI=1S/C30H30Cl2F3N3O4S/c1-20(29(40)36-23-10-5-6-11-23)37(18-21-8-7-9-22(31)16-21)28(39)19-38(43(41,42)25-12-3-2-4-13-25)24-14-15-27(32)26(17-24)30(33,34)35/h2-4,7-9,12-17,20,23H,5-6,10-11,18-19H2,1H3,(H,36,40)/t20-/m1/s1. The minimum atomic E-state index is -4.88. The zero-order valence-corrected chi connectivity index (χ0v) is 25.5. The van der Waals surface area contributed by atoms with Crippen molar-refractivity contribution in [2.24, 2.45) is 0 Å². The Morgan fingerprint density at radius 2 is 1.65 bits per heavy atom. The van der Waals surface area contributed by atoms with Crippen molar-refractivity contribution in [3.05, 3.63) is 94.0 Å². The number of carbonyl (C=O) groups is 2. The second kappa shape index (κ2) is 13.6. The van der Waals surface area contributed by atoms with Crippen LogP contribution in [0.3, 0.4) is 0 Å². The van der Waals surface area contributed by atoms with Gasteiger partial charge in [0.15, 0.2) is 0 Å². The molecule has 0 unspecified atom stereocenters. The maximum absolute atomic E-state index is 14.0. The van der Waals surface area contributed by atoms with Gasteiger partial charge in [-0.1, -0.05) is 66.4 Å². The Balaban J connectivity index is 1.75. The molecular formula is C30H30Cl2F3N3O4S. The molecule has 230 valence electrons. The molecule has 4 rings (SSSR count). The average Bonchev–Trinajstić information content (AvgIpc) is 3.47. The number of anilines is 1. The van der Waals surface area contributed by atoms with Crippen molar-refractivity contribution in [2.75, 3.05) is 10.8 Å². The van der Waals surface area contributed by atoms with Gasteiger partial charge in [0, 0.05) is 17.6 Å². The van der Waals surface area contributed by atoms with Crippen molar-refractivity contribution in [2.45, 2.75) is 62.3 Å². The smallest absolute Gasteiger partial charge is 0.352 e. The van der Waals surface area contributed by atoms with Gasteiger partial charge in [-0.3, -0.25) is 13.9 Å². The predicted molar refractivity (Wildman–Crippen MR) is 159 cm³/mol. The lowest BCUT2D eigenvalue weighted by Gasteiger charge is -2.32. The largest absolute Gasteiger partial charge is 0.417 e. The molecule has 0 saturated heterocycles. The molecule has 3 aromatic carbocycles. The number of nitrogens with one attached hydrogen (secondary N) is 1. The first-order chi connectivity index (χ1) is 20.3. The molecule has 3 aromatic rings. The first kappa shape index (κ1) is 32.6. The number of nitrogens with zero attached hydrogens (tertiary/aromatic N) is 2. The Labute approximate surface area is 258 Å². The van der Waals surface area contributed by atoms with E-state index in [4.69, 9.17) is 23.2 Å². The number of carbonyl (C=O) groups excluding carboxylic acids is 2. The van der Waals surface area contributed by atoms with Crippen LogP contribution in [0.4, 0.5) is 18.9 Å². The minimum absolute atomic E-state index is 0.0390. The van der Waals surface area contributed by atoms with Crippen LogP contribution in [-0.2, 0) is 32.3 Å². The van der Waals surface area contributed by atoms with Crippen LogP contribution < -0.4 is 9.62 Å².